The minimum atomic E-state index is -1.02. The summed E-state index contributed by atoms with van der Waals surface area (Å²) in [6, 6.07) is 7.43. The molecule has 8 nitrogen and oxygen atoms in total. The Morgan fingerprint density at radius 1 is 1.25 bits per heavy atom. The van der Waals surface area contributed by atoms with Crippen molar-refractivity contribution in [3.05, 3.63) is 64.8 Å². The zero-order valence-electron chi connectivity index (χ0n) is 21.2. The number of halogens is 1. The average molecular weight is 493 g/mol. The number of rotatable bonds is 8. The first-order valence-electron chi connectivity index (χ1n) is 12.1. The van der Waals surface area contributed by atoms with Crippen LogP contribution in [0.2, 0.25) is 0 Å². The van der Waals surface area contributed by atoms with E-state index in [-0.39, 0.29) is 43.2 Å². The van der Waals surface area contributed by atoms with E-state index >= 15 is 0 Å². The number of aromatic nitrogens is 1. The Morgan fingerprint density at radius 2 is 2.03 bits per heavy atom. The van der Waals surface area contributed by atoms with Gasteiger partial charge in [0.1, 0.15) is 6.17 Å². The van der Waals surface area contributed by atoms with Gasteiger partial charge in [-0.15, -0.1) is 0 Å². The number of nitrogens with one attached hydrogen (secondary N) is 3. The van der Waals surface area contributed by atoms with Crippen LogP contribution in [-0.4, -0.2) is 48.4 Å². The van der Waals surface area contributed by atoms with Gasteiger partial charge in [0, 0.05) is 12.6 Å². The van der Waals surface area contributed by atoms with Gasteiger partial charge in [0.2, 0.25) is 0 Å². The first kappa shape index (κ1) is 26.8. The smallest absolute Gasteiger partial charge is 0.253 e. The summed E-state index contributed by atoms with van der Waals surface area (Å²) < 4.78 is 13.2. The van der Waals surface area contributed by atoms with Crippen molar-refractivity contribution < 1.29 is 14.0 Å². The molecule has 2 aromatic rings. The Hall–Kier alpha value is -3.80. The van der Waals surface area contributed by atoms with Crippen molar-refractivity contribution in [2.75, 3.05) is 25.0 Å². The molecule has 36 heavy (non-hydrogen) atoms. The van der Waals surface area contributed by atoms with E-state index in [4.69, 9.17) is 6.57 Å². The van der Waals surface area contributed by atoms with E-state index in [9.17, 15) is 14.0 Å². The molecule has 2 heterocycles. The molecule has 3 N–H and O–H groups in total. The fraction of sp³-hybridized carbons (Fsp3) is 0.444. The Labute approximate surface area is 211 Å². The molecule has 0 bridgehead atoms. The molecule has 0 saturated heterocycles. The first-order valence-corrected chi connectivity index (χ1v) is 12.1. The molecule has 190 valence electrons. The third kappa shape index (κ3) is 7.35. The monoisotopic (exact) mass is 492 g/mol. The number of pyridine rings is 1. The largest absolute Gasteiger partial charge is 0.353 e. The minimum Gasteiger partial charge on any atom is -0.353 e. The second-order valence-electron chi connectivity index (χ2n) is 9.96. The second kappa shape index (κ2) is 11.8. The van der Waals surface area contributed by atoms with E-state index in [0.29, 0.717) is 22.9 Å². The fourth-order valence-electron chi connectivity index (χ4n) is 3.86. The van der Waals surface area contributed by atoms with Gasteiger partial charge in [0.05, 0.1) is 43.7 Å². The van der Waals surface area contributed by atoms with Crippen LogP contribution in [0.1, 0.15) is 67.9 Å². The van der Waals surface area contributed by atoms with Crippen LogP contribution in [0.25, 0.3) is 4.85 Å². The molecular weight excluding hydrogens is 459 g/mol. The summed E-state index contributed by atoms with van der Waals surface area (Å²) in [5, 5.41) is 8.49. The number of guanidine groups is 1. The lowest BCUT2D eigenvalue weighted by atomic mass is 9.82. The lowest BCUT2D eigenvalue weighted by molar-refractivity contribution is -0.118. The van der Waals surface area contributed by atoms with Crippen LogP contribution in [-0.2, 0) is 10.2 Å². The van der Waals surface area contributed by atoms with Gasteiger partial charge in [-0.2, -0.15) is 0 Å². The molecule has 0 saturated carbocycles. The van der Waals surface area contributed by atoms with Crippen molar-refractivity contribution in [3.8, 4) is 0 Å². The van der Waals surface area contributed by atoms with Crippen LogP contribution in [0.5, 0.6) is 0 Å². The number of hydrogen-bond acceptors (Lipinski definition) is 6. The van der Waals surface area contributed by atoms with Gasteiger partial charge in [-0.1, -0.05) is 57.0 Å². The number of benzene rings is 1. The molecule has 9 heteroatoms. The molecule has 3 rings (SSSR count). The Balaban J connectivity index is 1.61. The van der Waals surface area contributed by atoms with Crippen LogP contribution in [0.15, 0.2) is 41.7 Å². The maximum atomic E-state index is 13.2. The van der Waals surface area contributed by atoms with Crippen LogP contribution in [0, 0.1) is 6.57 Å². The molecule has 0 radical (unpaired) electrons. The third-order valence-electron chi connectivity index (χ3n) is 6.02. The number of amides is 1. The number of alkyl halides is 1. The van der Waals surface area contributed by atoms with Crippen molar-refractivity contribution in [1.82, 2.24) is 15.6 Å². The third-order valence-corrected chi connectivity index (χ3v) is 6.02. The zero-order chi connectivity index (χ0) is 26.3. The maximum absolute atomic E-state index is 13.2. The van der Waals surface area contributed by atoms with Crippen LogP contribution >= 0.6 is 0 Å². The predicted octanol–water partition coefficient (Wildman–Crippen LogP) is 4.52. The molecule has 2 atom stereocenters. The number of carbonyl (C=O) groups excluding carboxylic acids is 2. The number of hydrogen-bond donors (Lipinski definition) is 3. The van der Waals surface area contributed by atoms with E-state index in [2.05, 4.69) is 57.6 Å². The molecule has 0 spiro atoms. The highest BCUT2D eigenvalue weighted by Crippen LogP contribution is 2.33. The second-order valence-corrected chi connectivity index (χ2v) is 9.96. The normalized spacial score (nSPS) is 16.2. The predicted molar refractivity (Wildman–Crippen MR) is 139 cm³/mol. The highest BCUT2D eigenvalue weighted by Gasteiger charge is 2.21. The number of anilines is 1. The van der Waals surface area contributed by atoms with E-state index < -0.39 is 12.1 Å². The van der Waals surface area contributed by atoms with E-state index in [1.807, 2.05) is 19.1 Å². The quantitative estimate of drug-likeness (QED) is 0.471. The Bertz CT molecular complexity index is 1180. The molecule has 1 unspecified atom stereocenters. The van der Waals surface area contributed by atoms with Gasteiger partial charge in [0.15, 0.2) is 17.4 Å². The highest BCUT2D eigenvalue weighted by molar-refractivity contribution is 5.99. The van der Waals surface area contributed by atoms with Gasteiger partial charge < -0.3 is 16.0 Å². The van der Waals surface area contributed by atoms with E-state index in [1.165, 1.54) is 12.4 Å². The molecule has 0 aliphatic carbocycles. The molecular formula is C27H33FN6O2. The zero-order valence-corrected chi connectivity index (χ0v) is 21.2. The van der Waals surface area contributed by atoms with Crippen molar-refractivity contribution in [3.63, 3.8) is 0 Å². The molecule has 1 aromatic heterocycles. The Kier molecular flexibility index (Phi) is 8.75. The van der Waals surface area contributed by atoms with Crippen molar-refractivity contribution in [2.45, 2.75) is 58.0 Å². The summed E-state index contributed by atoms with van der Waals surface area (Å²) in [4.78, 5) is 37.1. The first-order chi connectivity index (χ1) is 17.1. The van der Waals surface area contributed by atoms with E-state index in [1.54, 1.807) is 6.07 Å². The maximum Gasteiger partial charge on any atom is 0.253 e. The van der Waals surface area contributed by atoms with Crippen LogP contribution < -0.4 is 16.0 Å². The summed E-state index contributed by atoms with van der Waals surface area (Å²) >= 11 is 0. The van der Waals surface area contributed by atoms with Gasteiger partial charge in [-0.05, 0) is 23.8 Å². The standard InChI is InChI=1S/C27H33FN6O2/c1-6-17(18-7-20(27(2,3)4)11-22(8-18)29-5)10-24(35)16-31-25(36)19-9-23(15-30-12-19)34-26-32-13-21(28)14-33-26/h7-9,11-12,15,17,21H,6,10,13-14,16H2,1-4H3,(H,31,36)(H2,32,33,34)/t17-/m1/s1. The number of carbonyl (C=O) groups is 2. The molecule has 0 fully saturated rings. The lowest BCUT2D eigenvalue weighted by Gasteiger charge is -2.23. The summed E-state index contributed by atoms with van der Waals surface area (Å²) in [5.41, 5.74) is 3.30. The van der Waals surface area contributed by atoms with Crippen molar-refractivity contribution >= 4 is 29.0 Å². The number of ketones is 1. The van der Waals surface area contributed by atoms with Crippen molar-refractivity contribution in [2.24, 2.45) is 4.99 Å². The molecule has 1 aliphatic rings. The van der Waals surface area contributed by atoms with Crippen LogP contribution in [0.4, 0.5) is 15.8 Å². The summed E-state index contributed by atoms with van der Waals surface area (Å²) in [7, 11) is 0. The topological polar surface area (TPSA) is 99.8 Å². The minimum absolute atomic E-state index is 0.0425. The van der Waals surface area contributed by atoms with Gasteiger partial charge in [0.25, 0.3) is 5.91 Å². The van der Waals surface area contributed by atoms with Gasteiger partial charge in [-0.3, -0.25) is 14.6 Å². The molecule has 1 amide bonds. The molecule has 1 aliphatic heterocycles. The SMILES string of the molecule is [C-]#[N+]c1cc([C@H](CC)CC(=O)CNC(=O)c2cncc(NC3=NCC(F)CN3)c2)cc(C(C)(C)C)c1. The fourth-order valence-corrected chi connectivity index (χ4v) is 3.86. The number of Topliss-reactive ketones (excluding diaryl/α,β-unsaturated/α-hetero) is 1. The van der Waals surface area contributed by atoms with Crippen LogP contribution in [0.3, 0.4) is 0 Å². The molecule has 1 aromatic carbocycles. The Morgan fingerprint density at radius 3 is 2.67 bits per heavy atom. The van der Waals surface area contributed by atoms with Gasteiger partial charge in [-0.25, -0.2) is 14.2 Å². The van der Waals surface area contributed by atoms with Gasteiger partial charge >= 0.3 is 0 Å². The number of nitrogens with zero attached hydrogens (tertiary/aromatic N) is 3. The summed E-state index contributed by atoms with van der Waals surface area (Å²) in [6.45, 7) is 15.9. The number of aliphatic imine (C=N–C) groups is 1. The highest BCUT2D eigenvalue weighted by atomic mass is 19.1. The average Bonchev–Trinajstić information content (AvgIpc) is 2.86. The summed E-state index contributed by atoms with van der Waals surface area (Å²) in [5.74, 6) is -0.135. The lowest BCUT2D eigenvalue weighted by Crippen LogP contribution is -2.41. The van der Waals surface area contributed by atoms with E-state index in [0.717, 1.165) is 17.5 Å². The summed E-state index contributed by atoms with van der Waals surface area (Å²) in [6.07, 6.45) is 2.93. The van der Waals surface area contributed by atoms with Crippen molar-refractivity contribution in [1.29, 1.82) is 0 Å².